The number of hydrogen-bond acceptors (Lipinski definition) is 5. The van der Waals surface area contributed by atoms with E-state index in [4.69, 9.17) is 9.84 Å². The van der Waals surface area contributed by atoms with E-state index in [0.29, 0.717) is 17.3 Å². The predicted octanol–water partition coefficient (Wildman–Crippen LogP) is 0.688. The van der Waals surface area contributed by atoms with Crippen LogP contribution >= 0.6 is 0 Å². The van der Waals surface area contributed by atoms with Crippen LogP contribution in [-0.2, 0) is 11.2 Å². The summed E-state index contributed by atoms with van der Waals surface area (Å²) < 4.78 is 5.18. The summed E-state index contributed by atoms with van der Waals surface area (Å²) >= 11 is 0. The fourth-order valence-corrected chi connectivity index (χ4v) is 1.46. The second-order valence-electron chi connectivity index (χ2n) is 3.56. The average Bonchev–Trinajstić information content (AvgIpc) is 2.85. The Morgan fingerprint density at radius 2 is 2.22 bits per heavy atom. The monoisotopic (exact) mass is 248 g/mol. The zero-order valence-electron chi connectivity index (χ0n) is 9.78. The lowest BCUT2D eigenvalue weighted by molar-refractivity contribution is -0.137. The summed E-state index contributed by atoms with van der Waals surface area (Å²) in [6, 6.07) is 7.25. The minimum absolute atomic E-state index is 0.0163. The molecule has 1 aromatic heterocycles. The Hall–Kier alpha value is -2.44. The number of methoxy groups -OCH3 is 1. The normalized spacial score (nSPS) is 10.3. The molecule has 2 aromatic rings. The maximum Gasteiger partial charge on any atom is 0.303 e. The number of aliphatic carboxylic acids is 1. The van der Waals surface area contributed by atoms with Gasteiger partial charge in [-0.25, -0.2) is 0 Å². The smallest absolute Gasteiger partial charge is 0.303 e. The van der Waals surface area contributed by atoms with Crippen LogP contribution in [0.4, 0.5) is 0 Å². The Morgan fingerprint density at radius 3 is 2.94 bits per heavy atom. The van der Waals surface area contributed by atoms with Gasteiger partial charge in [0.15, 0.2) is 5.82 Å². The largest absolute Gasteiger partial charge is 0.494 e. The van der Waals surface area contributed by atoms with Crippen LogP contribution in [0.2, 0.25) is 0 Å². The number of para-hydroxylation sites is 2. The molecular weight excluding hydrogens is 236 g/mol. The first kappa shape index (κ1) is 12.0. The zero-order chi connectivity index (χ0) is 13.0. The van der Waals surface area contributed by atoms with Gasteiger partial charge in [0.05, 0.1) is 13.5 Å². The van der Waals surface area contributed by atoms with Crippen LogP contribution in [0.5, 0.6) is 5.75 Å². The fourth-order valence-electron chi connectivity index (χ4n) is 1.46. The molecule has 0 saturated heterocycles. The molecule has 1 aromatic carbocycles. The third-order valence-corrected chi connectivity index (χ3v) is 2.32. The molecule has 0 unspecified atom stereocenters. The van der Waals surface area contributed by atoms with E-state index in [1.54, 1.807) is 19.2 Å². The van der Waals surface area contributed by atoms with E-state index in [9.17, 15) is 4.79 Å². The van der Waals surface area contributed by atoms with Crippen LogP contribution in [-0.4, -0.2) is 38.4 Å². The fraction of sp³-hybridized carbons (Fsp3) is 0.273. The van der Waals surface area contributed by atoms with Crippen molar-refractivity contribution >= 4 is 5.97 Å². The molecule has 0 bridgehead atoms. The highest BCUT2D eigenvalue weighted by atomic mass is 16.5. The molecule has 0 aliphatic rings. The van der Waals surface area contributed by atoms with Gasteiger partial charge in [-0.05, 0) is 17.3 Å². The van der Waals surface area contributed by atoms with Gasteiger partial charge in [0.25, 0.3) is 0 Å². The predicted molar refractivity (Wildman–Crippen MR) is 61.7 cm³/mol. The van der Waals surface area contributed by atoms with Gasteiger partial charge in [-0.3, -0.25) is 4.79 Å². The van der Waals surface area contributed by atoms with E-state index in [-0.39, 0.29) is 12.8 Å². The first-order chi connectivity index (χ1) is 8.70. The molecule has 0 aliphatic heterocycles. The van der Waals surface area contributed by atoms with Crippen molar-refractivity contribution in [1.29, 1.82) is 0 Å². The lowest BCUT2D eigenvalue weighted by Crippen LogP contribution is -2.03. The number of carboxylic acid groups (broad SMARTS) is 1. The maximum atomic E-state index is 10.4. The zero-order valence-corrected chi connectivity index (χ0v) is 9.78. The van der Waals surface area contributed by atoms with Crippen molar-refractivity contribution in [3.63, 3.8) is 0 Å². The molecule has 0 saturated carbocycles. The van der Waals surface area contributed by atoms with Crippen LogP contribution in [0.3, 0.4) is 0 Å². The molecular formula is C11H12N4O3. The van der Waals surface area contributed by atoms with Crippen molar-refractivity contribution in [1.82, 2.24) is 20.2 Å². The molecule has 1 heterocycles. The number of aromatic nitrogens is 4. The highest BCUT2D eigenvalue weighted by Gasteiger charge is 2.10. The molecule has 0 atom stereocenters. The van der Waals surface area contributed by atoms with Crippen molar-refractivity contribution < 1.29 is 14.6 Å². The van der Waals surface area contributed by atoms with Gasteiger partial charge < -0.3 is 9.84 Å². The summed E-state index contributed by atoms with van der Waals surface area (Å²) in [4.78, 5) is 11.8. The van der Waals surface area contributed by atoms with E-state index in [0.717, 1.165) is 0 Å². The van der Waals surface area contributed by atoms with E-state index in [1.807, 2.05) is 12.1 Å². The summed E-state index contributed by atoms with van der Waals surface area (Å²) in [6.07, 6.45) is 0.238. The molecule has 2 rings (SSSR count). The van der Waals surface area contributed by atoms with Crippen LogP contribution in [0.25, 0.3) is 5.69 Å². The van der Waals surface area contributed by atoms with Crippen LogP contribution in [0.15, 0.2) is 24.3 Å². The van der Waals surface area contributed by atoms with Gasteiger partial charge in [0, 0.05) is 6.42 Å². The van der Waals surface area contributed by atoms with Crippen molar-refractivity contribution in [3.05, 3.63) is 30.1 Å². The standard InChI is InChI=1S/C11H12N4O3/c1-18-9-5-3-2-4-8(9)15-13-10(12-14-15)6-7-11(16)17/h2-5H,6-7H2,1H3,(H,16,17). The van der Waals surface area contributed by atoms with Gasteiger partial charge in [0.1, 0.15) is 11.4 Å². The summed E-state index contributed by atoms with van der Waals surface area (Å²) in [5.41, 5.74) is 0.661. The Morgan fingerprint density at radius 1 is 1.44 bits per heavy atom. The number of hydrogen-bond donors (Lipinski definition) is 1. The maximum absolute atomic E-state index is 10.4. The third kappa shape index (κ3) is 2.62. The molecule has 0 radical (unpaired) electrons. The highest BCUT2D eigenvalue weighted by molar-refractivity contribution is 5.66. The molecule has 0 spiro atoms. The third-order valence-electron chi connectivity index (χ3n) is 2.32. The average molecular weight is 248 g/mol. The minimum Gasteiger partial charge on any atom is -0.494 e. The number of benzene rings is 1. The molecule has 0 fully saturated rings. The SMILES string of the molecule is COc1ccccc1-n1nnc(CCC(=O)O)n1. The quantitative estimate of drug-likeness (QED) is 0.837. The van der Waals surface area contributed by atoms with Crippen molar-refractivity contribution in [3.8, 4) is 11.4 Å². The van der Waals surface area contributed by atoms with Crippen LogP contribution < -0.4 is 4.74 Å². The topological polar surface area (TPSA) is 90.1 Å². The van der Waals surface area contributed by atoms with Crippen molar-refractivity contribution in [2.24, 2.45) is 0 Å². The molecule has 0 amide bonds. The first-order valence-electron chi connectivity index (χ1n) is 5.35. The van der Waals surface area contributed by atoms with Crippen LogP contribution in [0, 0.1) is 0 Å². The molecule has 0 aliphatic carbocycles. The number of carboxylic acids is 1. The van der Waals surface area contributed by atoms with Crippen molar-refractivity contribution in [2.45, 2.75) is 12.8 Å². The first-order valence-corrected chi connectivity index (χ1v) is 5.35. The molecule has 7 heteroatoms. The number of ether oxygens (including phenoxy) is 1. The number of rotatable bonds is 5. The van der Waals surface area contributed by atoms with Gasteiger partial charge in [-0.2, -0.15) is 0 Å². The lowest BCUT2D eigenvalue weighted by Gasteiger charge is -2.04. The Bertz CT molecular complexity index is 553. The summed E-state index contributed by atoms with van der Waals surface area (Å²) in [5, 5.41) is 20.4. The minimum atomic E-state index is -0.886. The van der Waals surface area contributed by atoms with Gasteiger partial charge in [0.2, 0.25) is 0 Å². The number of carbonyl (C=O) groups is 1. The Labute approximate surface area is 103 Å². The van der Waals surface area contributed by atoms with Crippen LogP contribution in [0.1, 0.15) is 12.2 Å². The van der Waals surface area contributed by atoms with E-state index in [1.165, 1.54) is 4.80 Å². The summed E-state index contributed by atoms with van der Waals surface area (Å²) in [7, 11) is 1.56. The molecule has 18 heavy (non-hydrogen) atoms. The highest BCUT2D eigenvalue weighted by Crippen LogP contribution is 2.19. The number of tetrazole rings is 1. The number of aryl methyl sites for hydroxylation is 1. The Balaban J connectivity index is 2.21. The lowest BCUT2D eigenvalue weighted by atomic mass is 10.3. The van der Waals surface area contributed by atoms with Gasteiger partial charge in [-0.15, -0.1) is 15.0 Å². The summed E-state index contributed by atoms with van der Waals surface area (Å²) in [5.74, 6) is 0.131. The Kier molecular flexibility index (Phi) is 3.52. The van der Waals surface area contributed by atoms with Crippen molar-refractivity contribution in [2.75, 3.05) is 7.11 Å². The van der Waals surface area contributed by atoms with Gasteiger partial charge in [-0.1, -0.05) is 12.1 Å². The molecule has 1 N–H and O–H groups in total. The second kappa shape index (κ2) is 5.26. The van der Waals surface area contributed by atoms with E-state index < -0.39 is 5.97 Å². The van der Waals surface area contributed by atoms with E-state index in [2.05, 4.69) is 15.4 Å². The number of nitrogens with zero attached hydrogens (tertiary/aromatic N) is 4. The molecule has 7 nitrogen and oxygen atoms in total. The van der Waals surface area contributed by atoms with Gasteiger partial charge >= 0.3 is 5.97 Å². The second-order valence-corrected chi connectivity index (χ2v) is 3.56. The summed E-state index contributed by atoms with van der Waals surface area (Å²) in [6.45, 7) is 0. The van der Waals surface area contributed by atoms with E-state index >= 15 is 0 Å². The molecule has 94 valence electrons.